The molecule has 1 aliphatic rings. The quantitative estimate of drug-likeness (QED) is 0.679. The van der Waals surface area contributed by atoms with Crippen molar-refractivity contribution in [2.75, 3.05) is 34.3 Å². The van der Waals surface area contributed by atoms with Crippen LogP contribution in [-0.2, 0) is 9.53 Å². The van der Waals surface area contributed by atoms with Crippen molar-refractivity contribution in [3.05, 3.63) is 0 Å². The highest BCUT2D eigenvalue weighted by Crippen LogP contribution is 2.09. The minimum Gasteiger partial charge on any atom is -0.380 e. The summed E-state index contributed by atoms with van der Waals surface area (Å²) in [6.07, 6.45) is 1.91. The van der Waals surface area contributed by atoms with Crippen LogP contribution in [0.15, 0.2) is 0 Å². The van der Waals surface area contributed by atoms with Crippen molar-refractivity contribution in [2.45, 2.75) is 38.0 Å². The van der Waals surface area contributed by atoms with Gasteiger partial charge < -0.3 is 20.3 Å². The zero-order chi connectivity index (χ0) is 12.8. The Kier molecular flexibility index (Phi) is 5.88. The number of carbonyl (C=O) groups excluding carboxylic acids is 1. The average molecular weight is 243 g/mol. The molecule has 1 aliphatic heterocycles. The van der Waals surface area contributed by atoms with Gasteiger partial charge in [0.2, 0.25) is 5.91 Å². The number of hydrogen-bond donors (Lipinski definition) is 2. The maximum atomic E-state index is 11.9. The van der Waals surface area contributed by atoms with E-state index in [0.29, 0.717) is 0 Å². The Morgan fingerprint density at radius 2 is 2.29 bits per heavy atom. The highest BCUT2D eigenvalue weighted by molar-refractivity contribution is 5.82. The zero-order valence-corrected chi connectivity index (χ0v) is 11.3. The van der Waals surface area contributed by atoms with Crippen LogP contribution in [0.3, 0.4) is 0 Å². The predicted octanol–water partition coefficient (Wildman–Crippen LogP) is -0.180. The van der Waals surface area contributed by atoms with Gasteiger partial charge in [-0.2, -0.15) is 0 Å². The first-order valence-electron chi connectivity index (χ1n) is 6.24. The second kappa shape index (κ2) is 6.93. The lowest BCUT2D eigenvalue weighted by Crippen LogP contribution is -2.44. The number of hydrogen-bond acceptors (Lipinski definition) is 4. The van der Waals surface area contributed by atoms with Gasteiger partial charge in [0.25, 0.3) is 0 Å². The fraction of sp³-hybridized carbons (Fsp3) is 0.917. The first-order chi connectivity index (χ1) is 8.02. The van der Waals surface area contributed by atoms with E-state index in [0.717, 1.165) is 25.9 Å². The molecule has 1 amide bonds. The number of methoxy groups -OCH3 is 1. The van der Waals surface area contributed by atoms with Gasteiger partial charge in [-0.25, -0.2) is 0 Å². The standard InChI is InChI=1S/C12H25N3O2/c1-9(5-6-15(2)3)14-12(16)11-7-10(17-4)8-13-11/h9-11,13H,5-8H2,1-4H3,(H,14,16). The van der Waals surface area contributed by atoms with Gasteiger partial charge in [0.15, 0.2) is 0 Å². The van der Waals surface area contributed by atoms with Gasteiger partial charge in [-0.15, -0.1) is 0 Å². The Balaban J connectivity index is 2.24. The van der Waals surface area contributed by atoms with Crippen molar-refractivity contribution in [1.29, 1.82) is 0 Å². The topological polar surface area (TPSA) is 53.6 Å². The van der Waals surface area contributed by atoms with E-state index >= 15 is 0 Å². The Morgan fingerprint density at radius 1 is 1.59 bits per heavy atom. The van der Waals surface area contributed by atoms with Crippen LogP contribution in [-0.4, -0.2) is 63.3 Å². The number of nitrogens with zero attached hydrogens (tertiary/aromatic N) is 1. The molecule has 1 rings (SSSR count). The Bertz CT molecular complexity index is 246. The highest BCUT2D eigenvalue weighted by atomic mass is 16.5. The fourth-order valence-corrected chi connectivity index (χ4v) is 1.95. The van der Waals surface area contributed by atoms with Crippen LogP contribution in [0.25, 0.3) is 0 Å². The number of nitrogens with one attached hydrogen (secondary N) is 2. The fourth-order valence-electron chi connectivity index (χ4n) is 1.95. The van der Waals surface area contributed by atoms with Crippen LogP contribution in [0.5, 0.6) is 0 Å². The molecule has 3 unspecified atom stereocenters. The second-order valence-electron chi connectivity index (χ2n) is 5.06. The van der Waals surface area contributed by atoms with E-state index in [-0.39, 0.29) is 24.1 Å². The number of ether oxygens (including phenoxy) is 1. The van der Waals surface area contributed by atoms with E-state index in [9.17, 15) is 4.79 Å². The van der Waals surface area contributed by atoms with Crippen molar-refractivity contribution in [3.63, 3.8) is 0 Å². The first kappa shape index (κ1) is 14.4. The van der Waals surface area contributed by atoms with Crippen molar-refractivity contribution in [2.24, 2.45) is 0 Å². The van der Waals surface area contributed by atoms with E-state index < -0.39 is 0 Å². The van der Waals surface area contributed by atoms with Crippen molar-refractivity contribution < 1.29 is 9.53 Å². The molecule has 1 fully saturated rings. The molecule has 0 aromatic carbocycles. The van der Waals surface area contributed by atoms with E-state index in [1.807, 2.05) is 21.0 Å². The minimum absolute atomic E-state index is 0.0933. The predicted molar refractivity (Wildman–Crippen MR) is 68.0 cm³/mol. The molecule has 2 N–H and O–H groups in total. The molecule has 0 saturated carbocycles. The van der Waals surface area contributed by atoms with E-state index in [1.54, 1.807) is 7.11 Å². The van der Waals surface area contributed by atoms with Gasteiger partial charge >= 0.3 is 0 Å². The van der Waals surface area contributed by atoms with Gasteiger partial charge in [0, 0.05) is 19.7 Å². The molecule has 0 aromatic heterocycles. The average Bonchev–Trinajstić information content (AvgIpc) is 2.74. The summed E-state index contributed by atoms with van der Waals surface area (Å²) in [6, 6.07) is 0.120. The molecule has 3 atom stereocenters. The molecule has 17 heavy (non-hydrogen) atoms. The van der Waals surface area contributed by atoms with Crippen LogP contribution < -0.4 is 10.6 Å². The normalized spacial score (nSPS) is 26.2. The molecule has 100 valence electrons. The summed E-state index contributed by atoms with van der Waals surface area (Å²) >= 11 is 0. The summed E-state index contributed by atoms with van der Waals surface area (Å²) in [5.74, 6) is 0.0933. The Labute approximate surface area is 104 Å². The molecular formula is C12H25N3O2. The molecule has 1 heterocycles. The molecule has 5 nitrogen and oxygen atoms in total. The van der Waals surface area contributed by atoms with E-state index in [1.165, 1.54) is 0 Å². The molecule has 0 bridgehead atoms. The molecule has 1 saturated heterocycles. The lowest BCUT2D eigenvalue weighted by Gasteiger charge is -2.19. The third-order valence-corrected chi connectivity index (χ3v) is 3.14. The van der Waals surface area contributed by atoms with Crippen LogP contribution in [0.2, 0.25) is 0 Å². The summed E-state index contributed by atoms with van der Waals surface area (Å²) in [6.45, 7) is 3.80. The number of carbonyl (C=O) groups is 1. The van der Waals surface area contributed by atoms with Gasteiger partial charge in [-0.05, 0) is 40.4 Å². The van der Waals surface area contributed by atoms with Crippen molar-refractivity contribution >= 4 is 5.91 Å². The zero-order valence-electron chi connectivity index (χ0n) is 11.3. The Hall–Kier alpha value is -0.650. The second-order valence-corrected chi connectivity index (χ2v) is 5.06. The molecule has 0 radical (unpaired) electrons. The van der Waals surface area contributed by atoms with Crippen LogP contribution in [0.1, 0.15) is 19.8 Å². The van der Waals surface area contributed by atoms with Crippen molar-refractivity contribution in [1.82, 2.24) is 15.5 Å². The van der Waals surface area contributed by atoms with Gasteiger partial charge in [0.05, 0.1) is 12.1 Å². The maximum Gasteiger partial charge on any atom is 0.237 e. The third kappa shape index (κ3) is 5.02. The van der Waals surface area contributed by atoms with Crippen molar-refractivity contribution in [3.8, 4) is 0 Å². The summed E-state index contributed by atoms with van der Waals surface area (Å²) in [5, 5.41) is 6.22. The molecule has 0 spiro atoms. The van der Waals surface area contributed by atoms with Gasteiger partial charge in [-0.3, -0.25) is 4.79 Å². The van der Waals surface area contributed by atoms with Crippen LogP contribution in [0.4, 0.5) is 0 Å². The monoisotopic (exact) mass is 243 g/mol. The number of rotatable bonds is 6. The minimum atomic E-state index is -0.0956. The first-order valence-corrected chi connectivity index (χ1v) is 6.24. The smallest absolute Gasteiger partial charge is 0.237 e. The number of amides is 1. The largest absolute Gasteiger partial charge is 0.380 e. The lowest BCUT2D eigenvalue weighted by atomic mass is 10.1. The molecule has 0 aromatic rings. The summed E-state index contributed by atoms with van der Waals surface area (Å²) in [7, 11) is 5.76. The van der Waals surface area contributed by atoms with Crippen LogP contribution in [0, 0.1) is 0 Å². The van der Waals surface area contributed by atoms with E-state index in [2.05, 4.69) is 15.5 Å². The summed E-state index contributed by atoms with van der Waals surface area (Å²) in [4.78, 5) is 14.0. The molecular weight excluding hydrogens is 218 g/mol. The van der Waals surface area contributed by atoms with E-state index in [4.69, 9.17) is 4.74 Å². The highest BCUT2D eigenvalue weighted by Gasteiger charge is 2.29. The molecule has 5 heteroatoms. The SMILES string of the molecule is COC1CNC(C(=O)NC(C)CCN(C)C)C1. The van der Waals surface area contributed by atoms with Gasteiger partial charge in [0.1, 0.15) is 0 Å². The maximum absolute atomic E-state index is 11.9. The van der Waals surface area contributed by atoms with Gasteiger partial charge in [-0.1, -0.05) is 0 Å². The summed E-state index contributed by atoms with van der Waals surface area (Å²) < 4.78 is 5.23. The van der Waals surface area contributed by atoms with Crippen LogP contribution >= 0.6 is 0 Å². The third-order valence-electron chi connectivity index (χ3n) is 3.14. The lowest BCUT2D eigenvalue weighted by molar-refractivity contribution is -0.123. The summed E-state index contributed by atoms with van der Waals surface area (Å²) in [5.41, 5.74) is 0. The Morgan fingerprint density at radius 3 is 2.82 bits per heavy atom. The molecule has 0 aliphatic carbocycles.